The van der Waals surface area contributed by atoms with E-state index in [-0.39, 0.29) is 18.3 Å². The number of carbonyl (C=O) groups is 1. The SMILES string of the molecule is COc1ccc(OCc2ccc(C(=O)Nc3c(C)nn(Cc4ccc(Cl)cc4Cl)c3C)o2)cc1. The fourth-order valence-corrected chi connectivity index (χ4v) is 3.89. The highest BCUT2D eigenvalue weighted by Gasteiger charge is 2.18. The van der Waals surface area contributed by atoms with Gasteiger partial charge < -0.3 is 19.2 Å². The number of ether oxygens (including phenoxy) is 2. The van der Waals surface area contributed by atoms with E-state index < -0.39 is 0 Å². The first kappa shape index (κ1) is 23.7. The highest BCUT2D eigenvalue weighted by molar-refractivity contribution is 6.35. The second-order valence-corrected chi connectivity index (χ2v) is 8.47. The maximum atomic E-state index is 12.8. The summed E-state index contributed by atoms with van der Waals surface area (Å²) in [5, 5.41) is 8.58. The smallest absolute Gasteiger partial charge is 0.291 e. The molecule has 0 saturated carbocycles. The Morgan fingerprint density at radius 3 is 2.50 bits per heavy atom. The molecule has 2 aromatic heterocycles. The maximum absolute atomic E-state index is 12.8. The first-order valence-corrected chi connectivity index (χ1v) is 11.2. The van der Waals surface area contributed by atoms with Gasteiger partial charge in [0.05, 0.1) is 30.7 Å². The lowest BCUT2D eigenvalue weighted by Crippen LogP contribution is -2.12. The van der Waals surface area contributed by atoms with Crippen LogP contribution in [0.4, 0.5) is 5.69 Å². The number of nitrogens with zero attached hydrogens (tertiary/aromatic N) is 2. The summed E-state index contributed by atoms with van der Waals surface area (Å²) < 4.78 is 18.3. The Morgan fingerprint density at radius 2 is 1.79 bits per heavy atom. The number of hydrogen-bond donors (Lipinski definition) is 1. The Labute approximate surface area is 207 Å². The Hall–Kier alpha value is -3.42. The molecular formula is C25H23Cl2N3O4. The molecule has 7 nitrogen and oxygen atoms in total. The third kappa shape index (κ3) is 5.38. The molecule has 2 aromatic carbocycles. The Balaban J connectivity index is 1.41. The van der Waals surface area contributed by atoms with Crippen LogP contribution in [0.15, 0.2) is 59.0 Å². The number of amides is 1. The number of aryl methyl sites for hydroxylation is 1. The quantitative estimate of drug-likeness (QED) is 0.308. The number of benzene rings is 2. The molecule has 0 saturated heterocycles. The molecule has 0 aliphatic heterocycles. The molecule has 4 aromatic rings. The largest absolute Gasteiger partial charge is 0.497 e. The molecule has 0 aliphatic rings. The predicted molar refractivity (Wildman–Crippen MR) is 131 cm³/mol. The van der Waals surface area contributed by atoms with Crippen LogP contribution in [0.1, 0.15) is 33.3 Å². The summed E-state index contributed by atoms with van der Waals surface area (Å²) in [4.78, 5) is 12.8. The number of hydrogen-bond acceptors (Lipinski definition) is 5. The second-order valence-electron chi connectivity index (χ2n) is 7.62. The molecule has 1 N–H and O–H groups in total. The van der Waals surface area contributed by atoms with Crippen LogP contribution in [0.5, 0.6) is 11.5 Å². The van der Waals surface area contributed by atoms with Gasteiger partial charge in [-0.25, -0.2) is 0 Å². The Kier molecular flexibility index (Phi) is 7.14. The van der Waals surface area contributed by atoms with Gasteiger partial charge in [-0.2, -0.15) is 5.10 Å². The molecule has 0 radical (unpaired) electrons. The number of nitrogens with one attached hydrogen (secondary N) is 1. The average Bonchev–Trinajstić information content (AvgIpc) is 3.40. The summed E-state index contributed by atoms with van der Waals surface area (Å²) in [5.41, 5.74) is 2.99. The van der Waals surface area contributed by atoms with E-state index in [9.17, 15) is 4.79 Å². The van der Waals surface area contributed by atoms with Crippen molar-refractivity contribution in [2.75, 3.05) is 12.4 Å². The maximum Gasteiger partial charge on any atom is 0.291 e. The Morgan fingerprint density at radius 1 is 1.06 bits per heavy atom. The number of methoxy groups -OCH3 is 1. The van der Waals surface area contributed by atoms with Crippen LogP contribution in [0.2, 0.25) is 10.0 Å². The van der Waals surface area contributed by atoms with E-state index in [1.165, 1.54) is 0 Å². The first-order valence-electron chi connectivity index (χ1n) is 10.5. The lowest BCUT2D eigenvalue weighted by Gasteiger charge is -2.08. The predicted octanol–water partition coefficient (Wildman–Crippen LogP) is 6.29. The molecule has 0 bridgehead atoms. The van der Waals surface area contributed by atoms with Gasteiger partial charge in [0, 0.05) is 10.0 Å². The van der Waals surface area contributed by atoms with Crippen molar-refractivity contribution in [3.8, 4) is 11.5 Å². The van der Waals surface area contributed by atoms with Crippen molar-refractivity contribution in [1.29, 1.82) is 0 Å². The topological polar surface area (TPSA) is 78.5 Å². The van der Waals surface area contributed by atoms with Crippen molar-refractivity contribution in [2.24, 2.45) is 0 Å². The van der Waals surface area contributed by atoms with Crippen molar-refractivity contribution >= 4 is 34.8 Å². The zero-order chi connectivity index (χ0) is 24.2. The molecule has 1 amide bonds. The number of anilines is 1. The number of aromatic nitrogens is 2. The normalized spacial score (nSPS) is 10.9. The van der Waals surface area contributed by atoms with Crippen LogP contribution in [0, 0.1) is 13.8 Å². The van der Waals surface area contributed by atoms with Crippen LogP contribution in [0.25, 0.3) is 0 Å². The molecule has 176 valence electrons. The van der Waals surface area contributed by atoms with Gasteiger partial charge in [0.2, 0.25) is 0 Å². The van der Waals surface area contributed by atoms with Crippen LogP contribution in [0.3, 0.4) is 0 Å². The van der Waals surface area contributed by atoms with Crippen molar-refractivity contribution in [3.63, 3.8) is 0 Å². The van der Waals surface area contributed by atoms with E-state index in [4.69, 9.17) is 37.1 Å². The van der Waals surface area contributed by atoms with E-state index in [2.05, 4.69) is 10.4 Å². The summed E-state index contributed by atoms with van der Waals surface area (Å²) in [6.07, 6.45) is 0. The van der Waals surface area contributed by atoms with Gasteiger partial charge in [0.25, 0.3) is 5.91 Å². The molecule has 2 heterocycles. The molecule has 0 fully saturated rings. The summed E-state index contributed by atoms with van der Waals surface area (Å²) in [6, 6.07) is 15.9. The minimum atomic E-state index is -0.369. The lowest BCUT2D eigenvalue weighted by molar-refractivity contribution is 0.0992. The zero-order valence-corrected chi connectivity index (χ0v) is 20.4. The summed E-state index contributed by atoms with van der Waals surface area (Å²) in [6.45, 7) is 4.36. The van der Waals surface area contributed by atoms with Gasteiger partial charge in [-0.3, -0.25) is 9.48 Å². The average molecular weight is 500 g/mol. The van der Waals surface area contributed by atoms with E-state index in [1.807, 2.05) is 32.0 Å². The zero-order valence-electron chi connectivity index (χ0n) is 18.9. The third-order valence-electron chi connectivity index (χ3n) is 5.28. The van der Waals surface area contributed by atoms with Crippen molar-refractivity contribution < 1.29 is 18.7 Å². The van der Waals surface area contributed by atoms with E-state index in [1.54, 1.807) is 48.2 Å². The molecule has 0 atom stereocenters. The highest BCUT2D eigenvalue weighted by atomic mass is 35.5. The fraction of sp³-hybridized carbons (Fsp3) is 0.200. The molecule has 0 spiro atoms. The van der Waals surface area contributed by atoms with E-state index in [0.29, 0.717) is 39.5 Å². The van der Waals surface area contributed by atoms with Gasteiger partial charge in [-0.15, -0.1) is 0 Å². The minimum absolute atomic E-state index is 0.181. The lowest BCUT2D eigenvalue weighted by atomic mass is 10.2. The van der Waals surface area contributed by atoms with E-state index in [0.717, 1.165) is 17.0 Å². The monoisotopic (exact) mass is 499 g/mol. The van der Waals surface area contributed by atoms with Gasteiger partial charge in [0.1, 0.15) is 23.9 Å². The van der Waals surface area contributed by atoms with Crippen LogP contribution in [-0.2, 0) is 13.2 Å². The van der Waals surface area contributed by atoms with Gasteiger partial charge in [-0.1, -0.05) is 29.3 Å². The molecular weight excluding hydrogens is 477 g/mol. The number of furan rings is 1. The Bertz CT molecular complexity index is 1310. The second kappa shape index (κ2) is 10.2. The number of halogens is 2. The summed E-state index contributed by atoms with van der Waals surface area (Å²) in [5.74, 6) is 1.76. The van der Waals surface area contributed by atoms with Crippen molar-refractivity contribution in [3.05, 3.63) is 93.1 Å². The van der Waals surface area contributed by atoms with Gasteiger partial charge in [-0.05, 0) is 67.9 Å². The third-order valence-corrected chi connectivity index (χ3v) is 5.87. The number of carbonyl (C=O) groups excluding carboxylic acids is 1. The van der Waals surface area contributed by atoms with Crippen molar-refractivity contribution in [1.82, 2.24) is 9.78 Å². The van der Waals surface area contributed by atoms with Gasteiger partial charge in [0.15, 0.2) is 5.76 Å². The van der Waals surface area contributed by atoms with Crippen LogP contribution in [-0.4, -0.2) is 22.8 Å². The molecule has 9 heteroatoms. The summed E-state index contributed by atoms with van der Waals surface area (Å²) in [7, 11) is 1.61. The molecule has 0 unspecified atom stereocenters. The number of rotatable bonds is 8. The van der Waals surface area contributed by atoms with E-state index >= 15 is 0 Å². The first-order chi connectivity index (χ1) is 16.3. The van der Waals surface area contributed by atoms with Gasteiger partial charge >= 0.3 is 0 Å². The standard InChI is InChI=1S/C25H23Cl2N3O4/c1-15-24(16(2)30(29-15)13-17-4-5-18(26)12-22(17)27)28-25(31)23-11-10-21(34-23)14-33-20-8-6-19(32-3)7-9-20/h4-12H,13-14H2,1-3H3,(H,28,31). The minimum Gasteiger partial charge on any atom is -0.497 e. The van der Waals surface area contributed by atoms with Crippen LogP contribution >= 0.6 is 23.2 Å². The molecule has 34 heavy (non-hydrogen) atoms. The molecule has 0 aliphatic carbocycles. The molecule has 4 rings (SSSR count). The highest BCUT2D eigenvalue weighted by Crippen LogP contribution is 2.26. The summed E-state index contributed by atoms with van der Waals surface area (Å²) >= 11 is 12.3. The van der Waals surface area contributed by atoms with Crippen molar-refractivity contribution in [2.45, 2.75) is 27.0 Å². The fourth-order valence-electron chi connectivity index (χ4n) is 3.42. The van der Waals surface area contributed by atoms with Crippen LogP contribution < -0.4 is 14.8 Å².